The Kier molecular flexibility index (Phi) is 4.82. The van der Waals surface area contributed by atoms with Crippen LogP contribution in [0.5, 0.6) is 0 Å². The summed E-state index contributed by atoms with van der Waals surface area (Å²) in [6, 6.07) is 2.50. The summed E-state index contributed by atoms with van der Waals surface area (Å²) in [5.41, 5.74) is 0.469. The zero-order chi connectivity index (χ0) is 16.1. The van der Waals surface area contributed by atoms with Crippen LogP contribution in [0.25, 0.3) is 0 Å². The maximum absolute atomic E-state index is 13.5. The van der Waals surface area contributed by atoms with Crippen LogP contribution in [0.3, 0.4) is 0 Å². The second kappa shape index (κ2) is 6.79. The number of carbonyl (C=O) groups is 1. The number of nitrogens with zero attached hydrogens (tertiary/aromatic N) is 3. The first-order chi connectivity index (χ1) is 10.5. The molecule has 0 aliphatic carbocycles. The number of halogens is 2. The van der Waals surface area contributed by atoms with Crippen LogP contribution < -0.4 is 15.5 Å². The molecule has 0 unspecified atom stereocenters. The molecule has 0 spiro atoms. The molecule has 1 aromatic carbocycles. The number of hydrogen-bond acceptors (Lipinski definition) is 4. The highest BCUT2D eigenvalue weighted by Gasteiger charge is 2.10. The molecule has 1 aromatic heterocycles. The fourth-order valence-corrected chi connectivity index (χ4v) is 1.79. The Labute approximate surface area is 126 Å². The summed E-state index contributed by atoms with van der Waals surface area (Å²) in [5.74, 6) is -0.620. The van der Waals surface area contributed by atoms with E-state index in [4.69, 9.17) is 0 Å². The minimum Gasteiger partial charge on any atom is -0.361 e. The number of aromatic nitrogens is 2. The molecule has 0 radical (unpaired) electrons. The molecule has 22 heavy (non-hydrogen) atoms. The quantitative estimate of drug-likeness (QED) is 0.908. The summed E-state index contributed by atoms with van der Waals surface area (Å²) in [7, 11) is 3.54. The number of nitrogens with one attached hydrogen (secondary N) is 2. The standard InChI is InChI=1S/C14H15F2N5O/c1-21(2)13-12(7-17-8-19-13)20-14(22)18-6-9-5-10(15)3-4-11(9)16/h3-5,7-8H,6H2,1-2H3,(H2,18,20,22). The Morgan fingerprint density at radius 2 is 2.09 bits per heavy atom. The molecule has 0 saturated carbocycles. The number of hydrogen-bond donors (Lipinski definition) is 2. The van der Waals surface area contributed by atoms with E-state index in [9.17, 15) is 13.6 Å². The molecule has 0 bridgehead atoms. The van der Waals surface area contributed by atoms with E-state index in [0.29, 0.717) is 11.5 Å². The number of anilines is 2. The molecule has 0 aliphatic rings. The molecule has 0 atom stereocenters. The number of rotatable bonds is 4. The van der Waals surface area contributed by atoms with Crippen molar-refractivity contribution in [2.45, 2.75) is 6.54 Å². The van der Waals surface area contributed by atoms with E-state index in [1.54, 1.807) is 19.0 Å². The van der Waals surface area contributed by atoms with Crippen molar-refractivity contribution in [3.63, 3.8) is 0 Å². The highest BCUT2D eigenvalue weighted by atomic mass is 19.1. The molecule has 2 aromatic rings. The highest BCUT2D eigenvalue weighted by molar-refractivity contribution is 5.92. The van der Waals surface area contributed by atoms with Crippen LogP contribution in [0.2, 0.25) is 0 Å². The summed E-state index contributed by atoms with van der Waals surface area (Å²) >= 11 is 0. The summed E-state index contributed by atoms with van der Waals surface area (Å²) in [5, 5.41) is 5.01. The van der Waals surface area contributed by atoms with Crippen molar-refractivity contribution in [3.05, 3.63) is 47.9 Å². The Morgan fingerprint density at radius 3 is 2.82 bits per heavy atom. The van der Waals surface area contributed by atoms with Crippen LogP contribution in [0.4, 0.5) is 25.1 Å². The lowest BCUT2D eigenvalue weighted by Gasteiger charge is -2.16. The SMILES string of the molecule is CN(C)c1ncncc1NC(=O)NCc1cc(F)ccc1F. The first-order valence-corrected chi connectivity index (χ1v) is 6.43. The Hall–Kier alpha value is -2.77. The van der Waals surface area contributed by atoms with Gasteiger partial charge >= 0.3 is 6.03 Å². The summed E-state index contributed by atoms with van der Waals surface area (Å²) in [4.78, 5) is 21.4. The van der Waals surface area contributed by atoms with E-state index in [-0.39, 0.29) is 12.1 Å². The van der Waals surface area contributed by atoms with Crippen LogP contribution in [0.15, 0.2) is 30.7 Å². The fourth-order valence-electron chi connectivity index (χ4n) is 1.79. The second-order valence-corrected chi connectivity index (χ2v) is 4.70. The fraction of sp³-hybridized carbons (Fsp3) is 0.214. The lowest BCUT2D eigenvalue weighted by atomic mass is 10.2. The molecule has 2 rings (SSSR count). The number of amides is 2. The van der Waals surface area contributed by atoms with Gasteiger partial charge in [-0.2, -0.15) is 0 Å². The zero-order valence-electron chi connectivity index (χ0n) is 12.1. The van der Waals surface area contributed by atoms with Gasteiger partial charge in [0.15, 0.2) is 5.82 Å². The summed E-state index contributed by atoms with van der Waals surface area (Å²) in [6.07, 6.45) is 2.81. The third kappa shape index (κ3) is 3.87. The molecule has 0 aliphatic heterocycles. The van der Waals surface area contributed by atoms with Gasteiger partial charge in [-0.1, -0.05) is 0 Å². The first-order valence-electron chi connectivity index (χ1n) is 6.43. The van der Waals surface area contributed by atoms with Crippen molar-refractivity contribution < 1.29 is 13.6 Å². The maximum Gasteiger partial charge on any atom is 0.319 e. The Morgan fingerprint density at radius 1 is 1.32 bits per heavy atom. The van der Waals surface area contributed by atoms with Crippen molar-refractivity contribution in [1.29, 1.82) is 0 Å². The highest BCUT2D eigenvalue weighted by Crippen LogP contribution is 2.18. The van der Waals surface area contributed by atoms with Crippen LogP contribution in [-0.4, -0.2) is 30.1 Å². The van der Waals surface area contributed by atoms with E-state index >= 15 is 0 Å². The molecule has 116 valence electrons. The molecular weight excluding hydrogens is 292 g/mol. The van der Waals surface area contributed by atoms with Crippen LogP contribution >= 0.6 is 0 Å². The van der Waals surface area contributed by atoms with E-state index in [2.05, 4.69) is 20.6 Å². The topological polar surface area (TPSA) is 70.2 Å². The van der Waals surface area contributed by atoms with Crippen LogP contribution in [0, 0.1) is 11.6 Å². The molecule has 8 heteroatoms. The molecule has 1 heterocycles. The predicted molar refractivity (Wildman–Crippen MR) is 78.6 cm³/mol. The molecule has 0 saturated heterocycles. The maximum atomic E-state index is 13.5. The van der Waals surface area contributed by atoms with Crippen LogP contribution in [-0.2, 0) is 6.54 Å². The van der Waals surface area contributed by atoms with Gasteiger partial charge in [0.1, 0.15) is 23.6 Å². The Balaban J connectivity index is 2.01. The lowest BCUT2D eigenvalue weighted by Crippen LogP contribution is -2.29. The van der Waals surface area contributed by atoms with Gasteiger partial charge in [-0.25, -0.2) is 23.5 Å². The average molecular weight is 307 g/mol. The van der Waals surface area contributed by atoms with Gasteiger partial charge in [-0.15, -0.1) is 0 Å². The monoisotopic (exact) mass is 307 g/mol. The van der Waals surface area contributed by atoms with Crippen molar-refractivity contribution in [1.82, 2.24) is 15.3 Å². The van der Waals surface area contributed by atoms with E-state index in [1.807, 2.05) is 0 Å². The third-order valence-electron chi connectivity index (χ3n) is 2.81. The third-order valence-corrected chi connectivity index (χ3v) is 2.81. The zero-order valence-corrected chi connectivity index (χ0v) is 12.1. The smallest absolute Gasteiger partial charge is 0.319 e. The summed E-state index contributed by atoms with van der Waals surface area (Å²) in [6.45, 7) is -0.138. The van der Waals surface area contributed by atoms with Gasteiger partial charge in [0.25, 0.3) is 0 Å². The van der Waals surface area contributed by atoms with Crippen molar-refractivity contribution in [2.75, 3.05) is 24.3 Å². The molecule has 2 N–H and O–H groups in total. The van der Waals surface area contributed by atoms with Gasteiger partial charge < -0.3 is 15.5 Å². The molecule has 0 fully saturated rings. The van der Waals surface area contributed by atoms with Gasteiger partial charge in [0.2, 0.25) is 0 Å². The van der Waals surface area contributed by atoms with Gasteiger partial charge in [-0.3, -0.25) is 0 Å². The number of benzene rings is 1. The second-order valence-electron chi connectivity index (χ2n) is 4.70. The normalized spacial score (nSPS) is 10.2. The number of urea groups is 1. The largest absolute Gasteiger partial charge is 0.361 e. The minimum atomic E-state index is -0.585. The van der Waals surface area contributed by atoms with E-state index in [0.717, 1.165) is 18.2 Å². The van der Waals surface area contributed by atoms with Crippen LogP contribution in [0.1, 0.15) is 5.56 Å². The van der Waals surface area contributed by atoms with Gasteiger partial charge in [0.05, 0.1) is 6.20 Å². The summed E-state index contributed by atoms with van der Waals surface area (Å²) < 4.78 is 26.5. The number of carbonyl (C=O) groups excluding carboxylic acids is 1. The van der Waals surface area contributed by atoms with E-state index in [1.165, 1.54) is 12.5 Å². The lowest BCUT2D eigenvalue weighted by molar-refractivity contribution is 0.251. The molecular formula is C14H15F2N5O. The van der Waals surface area contributed by atoms with E-state index < -0.39 is 17.7 Å². The minimum absolute atomic E-state index is 0.0623. The van der Waals surface area contributed by atoms with Gasteiger partial charge in [-0.05, 0) is 18.2 Å². The van der Waals surface area contributed by atoms with Gasteiger partial charge in [0, 0.05) is 26.2 Å². The van der Waals surface area contributed by atoms with Crippen molar-refractivity contribution >= 4 is 17.5 Å². The first kappa shape index (κ1) is 15.6. The Bertz CT molecular complexity index is 678. The van der Waals surface area contributed by atoms with Crippen molar-refractivity contribution in [3.8, 4) is 0 Å². The average Bonchev–Trinajstić information content (AvgIpc) is 2.48. The molecule has 2 amide bonds. The molecule has 6 nitrogen and oxygen atoms in total. The predicted octanol–water partition coefficient (Wildman–Crippen LogP) is 2.14. The van der Waals surface area contributed by atoms with Crippen molar-refractivity contribution in [2.24, 2.45) is 0 Å².